The summed E-state index contributed by atoms with van der Waals surface area (Å²) in [6, 6.07) is 8.94. The number of nitrogen functional groups attached to an aromatic ring is 1. The Bertz CT molecular complexity index is 1100. The zero-order valence-electron chi connectivity index (χ0n) is 16.1. The molecule has 2 aromatic heterocycles. The highest BCUT2D eigenvalue weighted by Gasteiger charge is 2.51. The zero-order chi connectivity index (χ0) is 22.2. The molecule has 4 rings (SSSR count). The lowest BCUT2D eigenvalue weighted by molar-refractivity contribution is -0.157. The Hall–Kier alpha value is -3.56. The molecule has 1 aliphatic rings. The Morgan fingerprint density at radius 2 is 1.68 bits per heavy atom. The van der Waals surface area contributed by atoms with Crippen LogP contribution < -0.4 is 5.73 Å². The Labute approximate surface area is 174 Å². The number of nitrogens with two attached hydrogens (primary N) is 1. The van der Waals surface area contributed by atoms with Gasteiger partial charge in [-0.2, -0.15) is 8.78 Å². The lowest BCUT2D eigenvalue weighted by atomic mass is 9.91. The van der Waals surface area contributed by atoms with E-state index in [0.29, 0.717) is 35.0 Å². The van der Waals surface area contributed by atoms with Crippen molar-refractivity contribution in [2.24, 2.45) is 5.92 Å². The number of carbonyl (C=O) groups excluding carboxylic acids is 1. The number of hydrogen-bond donors (Lipinski definition) is 1. The van der Waals surface area contributed by atoms with E-state index in [9.17, 15) is 22.4 Å². The van der Waals surface area contributed by atoms with Gasteiger partial charge in [0, 0.05) is 18.7 Å². The highest BCUT2D eigenvalue weighted by atomic mass is 19.3. The van der Waals surface area contributed by atoms with Crippen molar-refractivity contribution in [3.63, 3.8) is 0 Å². The van der Waals surface area contributed by atoms with Gasteiger partial charge in [-0.1, -0.05) is 0 Å². The number of amides is 1. The lowest BCUT2D eigenvalue weighted by Gasteiger charge is -2.42. The first-order valence-electron chi connectivity index (χ1n) is 9.39. The fourth-order valence-corrected chi connectivity index (χ4v) is 3.27. The third-order valence-electron chi connectivity index (χ3n) is 5.13. The Morgan fingerprint density at radius 1 is 1.03 bits per heavy atom. The minimum absolute atomic E-state index is 0.161. The number of benzene rings is 1. The van der Waals surface area contributed by atoms with Crippen LogP contribution in [0.2, 0.25) is 0 Å². The maximum Gasteiger partial charge on any atom is 0.312 e. The summed E-state index contributed by atoms with van der Waals surface area (Å²) in [5.74, 6) is -6.92. The molecule has 0 spiro atoms. The summed E-state index contributed by atoms with van der Waals surface area (Å²) in [6.45, 7) is -0.381. The normalized spacial score (nSPS) is 14.4. The van der Waals surface area contributed by atoms with Crippen LogP contribution in [0.4, 0.5) is 23.2 Å². The number of aromatic nitrogens is 3. The number of nitrogens with zero attached hydrogens (tertiary/aromatic N) is 4. The van der Waals surface area contributed by atoms with Gasteiger partial charge in [0.1, 0.15) is 5.82 Å². The molecule has 1 aliphatic heterocycles. The molecule has 1 saturated heterocycles. The summed E-state index contributed by atoms with van der Waals surface area (Å²) >= 11 is 0. The fourth-order valence-electron chi connectivity index (χ4n) is 3.27. The molecule has 2 N–H and O–H groups in total. The second kappa shape index (κ2) is 7.93. The summed E-state index contributed by atoms with van der Waals surface area (Å²) in [5, 5.41) is 0. The Morgan fingerprint density at radius 3 is 2.32 bits per heavy atom. The summed E-state index contributed by atoms with van der Waals surface area (Å²) in [7, 11) is 0. The van der Waals surface area contributed by atoms with Gasteiger partial charge in [-0.15, -0.1) is 0 Å². The van der Waals surface area contributed by atoms with Gasteiger partial charge in [-0.3, -0.25) is 9.78 Å². The number of pyridine rings is 1. The van der Waals surface area contributed by atoms with E-state index < -0.39 is 29.4 Å². The van der Waals surface area contributed by atoms with Crippen LogP contribution in [-0.2, 0) is 17.1 Å². The summed E-state index contributed by atoms with van der Waals surface area (Å²) in [4.78, 5) is 24.9. The average molecular weight is 431 g/mol. The van der Waals surface area contributed by atoms with Crippen molar-refractivity contribution in [1.29, 1.82) is 0 Å². The monoisotopic (exact) mass is 431 g/mol. The lowest BCUT2D eigenvalue weighted by Crippen LogP contribution is -2.56. The van der Waals surface area contributed by atoms with Gasteiger partial charge in [0.05, 0.1) is 41.8 Å². The minimum Gasteiger partial charge on any atom is -0.397 e. The van der Waals surface area contributed by atoms with E-state index in [2.05, 4.69) is 15.0 Å². The van der Waals surface area contributed by atoms with Crippen molar-refractivity contribution < 1.29 is 22.4 Å². The van der Waals surface area contributed by atoms with Gasteiger partial charge in [0.2, 0.25) is 5.91 Å². The topological polar surface area (TPSA) is 85.0 Å². The van der Waals surface area contributed by atoms with Crippen molar-refractivity contribution >= 4 is 11.6 Å². The van der Waals surface area contributed by atoms with Gasteiger partial charge in [0.25, 0.3) is 0 Å². The van der Waals surface area contributed by atoms with Crippen molar-refractivity contribution in [1.82, 2.24) is 19.9 Å². The molecule has 1 aromatic carbocycles. The summed E-state index contributed by atoms with van der Waals surface area (Å²) < 4.78 is 55.0. The summed E-state index contributed by atoms with van der Waals surface area (Å²) in [6.07, 6.45) is 1.20. The molecule has 0 saturated carbocycles. The number of alkyl halides is 2. The molecule has 0 aliphatic carbocycles. The zero-order valence-corrected chi connectivity index (χ0v) is 16.1. The molecule has 31 heavy (non-hydrogen) atoms. The van der Waals surface area contributed by atoms with Crippen LogP contribution in [0.1, 0.15) is 11.5 Å². The van der Waals surface area contributed by atoms with Crippen LogP contribution in [0.25, 0.3) is 11.3 Å². The van der Waals surface area contributed by atoms with Crippen LogP contribution >= 0.6 is 0 Å². The SMILES string of the molecule is Nc1ccc(-c2ccc(F)cc2)nc1CC(=O)N1CC(C(F)(F)c2ncc(F)cn2)C1. The van der Waals surface area contributed by atoms with Crippen molar-refractivity contribution in [3.8, 4) is 11.3 Å². The molecule has 1 amide bonds. The van der Waals surface area contributed by atoms with Crippen LogP contribution in [-0.4, -0.2) is 38.8 Å². The Kier molecular flexibility index (Phi) is 5.30. The molecule has 3 heterocycles. The summed E-state index contributed by atoms with van der Waals surface area (Å²) in [5.41, 5.74) is 7.69. The van der Waals surface area contributed by atoms with E-state index in [-0.39, 0.29) is 25.3 Å². The maximum atomic E-state index is 14.5. The molecule has 3 aromatic rings. The molecule has 0 radical (unpaired) electrons. The van der Waals surface area contributed by atoms with Crippen LogP contribution in [0, 0.1) is 17.6 Å². The molecule has 160 valence electrons. The molecule has 1 fully saturated rings. The number of likely N-dealkylation sites (tertiary alicyclic amines) is 1. The second-order valence-electron chi connectivity index (χ2n) is 7.26. The van der Waals surface area contributed by atoms with Crippen LogP contribution in [0.5, 0.6) is 0 Å². The van der Waals surface area contributed by atoms with Crippen molar-refractivity contribution in [3.05, 3.63) is 71.9 Å². The van der Waals surface area contributed by atoms with E-state index in [4.69, 9.17) is 5.73 Å². The van der Waals surface area contributed by atoms with Gasteiger partial charge in [-0.25, -0.2) is 18.7 Å². The molecule has 6 nitrogen and oxygen atoms in total. The van der Waals surface area contributed by atoms with Crippen molar-refractivity contribution in [2.75, 3.05) is 18.8 Å². The second-order valence-corrected chi connectivity index (χ2v) is 7.26. The Balaban J connectivity index is 1.42. The van der Waals surface area contributed by atoms with Gasteiger partial charge < -0.3 is 10.6 Å². The highest BCUT2D eigenvalue weighted by molar-refractivity contribution is 5.81. The first-order chi connectivity index (χ1) is 14.7. The molecule has 0 atom stereocenters. The fraction of sp³-hybridized carbons (Fsp3) is 0.238. The third kappa shape index (κ3) is 4.18. The maximum absolute atomic E-state index is 14.5. The van der Waals surface area contributed by atoms with Gasteiger partial charge >= 0.3 is 5.92 Å². The minimum atomic E-state index is -3.38. The van der Waals surface area contributed by atoms with Crippen LogP contribution in [0.3, 0.4) is 0 Å². The number of hydrogen-bond acceptors (Lipinski definition) is 5. The molecule has 10 heteroatoms. The molecule has 0 unspecified atom stereocenters. The average Bonchev–Trinajstić information content (AvgIpc) is 2.69. The molecule has 0 bridgehead atoms. The van der Waals surface area contributed by atoms with E-state index >= 15 is 0 Å². The number of halogens is 4. The van der Waals surface area contributed by atoms with Crippen LogP contribution in [0.15, 0.2) is 48.8 Å². The number of carbonyl (C=O) groups is 1. The van der Waals surface area contributed by atoms with Gasteiger partial charge in [-0.05, 0) is 36.4 Å². The molecular weight excluding hydrogens is 414 g/mol. The standard InChI is InChI=1S/C21H17F4N5O/c22-14-3-1-12(2-4-14)17-6-5-16(26)18(29-17)7-19(31)30-10-13(11-30)21(24,25)20-27-8-15(23)9-28-20/h1-6,8-9,13H,7,10-11,26H2. The van der Waals surface area contributed by atoms with Gasteiger partial charge in [0.15, 0.2) is 11.6 Å². The van der Waals surface area contributed by atoms with E-state index in [1.165, 1.54) is 17.0 Å². The van der Waals surface area contributed by atoms with E-state index in [1.807, 2.05) is 0 Å². The largest absolute Gasteiger partial charge is 0.397 e. The first kappa shape index (κ1) is 20.7. The number of anilines is 1. The highest BCUT2D eigenvalue weighted by Crippen LogP contribution is 2.39. The predicted molar refractivity (Wildman–Crippen MR) is 104 cm³/mol. The quantitative estimate of drug-likeness (QED) is 0.628. The van der Waals surface area contributed by atoms with E-state index in [1.54, 1.807) is 24.3 Å². The molecular formula is C21H17F4N5O. The van der Waals surface area contributed by atoms with E-state index in [0.717, 1.165) is 0 Å². The predicted octanol–water partition coefficient (Wildman–Crippen LogP) is 3.19. The smallest absolute Gasteiger partial charge is 0.312 e. The van der Waals surface area contributed by atoms with Crippen molar-refractivity contribution in [2.45, 2.75) is 12.3 Å². The third-order valence-corrected chi connectivity index (χ3v) is 5.13. The number of rotatable bonds is 5. The first-order valence-corrected chi connectivity index (χ1v) is 9.39.